The average molecular weight is 574 g/mol. The summed E-state index contributed by atoms with van der Waals surface area (Å²) in [6.45, 7) is 9.72. The first-order chi connectivity index (χ1) is 18.8. The van der Waals surface area contributed by atoms with Crippen LogP contribution in [0.25, 0.3) is 0 Å². The van der Waals surface area contributed by atoms with E-state index in [1.807, 2.05) is 6.92 Å². The fourth-order valence-corrected chi connectivity index (χ4v) is 4.47. The van der Waals surface area contributed by atoms with Crippen molar-refractivity contribution >= 4 is 23.7 Å². The molecular weight excluding hydrogens is 518 g/mol. The molecule has 0 unspecified atom stereocenters. The summed E-state index contributed by atoms with van der Waals surface area (Å²) >= 11 is 0. The van der Waals surface area contributed by atoms with E-state index in [1.165, 1.54) is 45.4 Å². The van der Waals surface area contributed by atoms with Crippen LogP contribution in [0.1, 0.15) is 99.3 Å². The van der Waals surface area contributed by atoms with E-state index in [4.69, 9.17) is 0 Å². The van der Waals surface area contributed by atoms with Gasteiger partial charge in [0, 0.05) is 0 Å². The molecule has 11 nitrogen and oxygen atoms in total. The number of aliphatic hydroxyl groups is 3. The van der Waals surface area contributed by atoms with Crippen molar-refractivity contribution in [1.29, 1.82) is 0 Å². The molecule has 7 atom stereocenters. The van der Waals surface area contributed by atoms with Gasteiger partial charge >= 0.3 is 5.97 Å². The van der Waals surface area contributed by atoms with Gasteiger partial charge in [0.2, 0.25) is 17.7 Å². The highest BCUT2D eigenvalue weighted by molar-refractivity contribution is 5.94. The molecule has 11 heteroatoms. The molecule has 0 aliphatic rings. The molecule has 0 aliphatic heterocycles. The van der Waals surface area contributed by atoms with Gasteiger partial charge in [0.25, 0.3) is 0 Å². The van der Waals surface area contributed by atoms with Crippen LogP contribution in [0.2, 0.25) is 0 Å². The van der Waals surface area contributed by atoms with E-state index >= 15 is 0 Å². The maximum absolute atomic E-state index is 13.1. The Morgan fingerprint density at radius 2 is 1.23 bits per heavy atom. The summed E-state index contributed by atoms with van der Waals surface area (Å²) in [7, 11) is 1.09. The van der Waals surface area contributed by atoms with Crippen LogP contribution in [-0.4, -0.2) is 83.1 Å². The van der Waals surface area contributed by atoms with Gasteiger partial charge in [-0.25, -0.2) is 4.79 Å². The molecule has 0 saturated carbocycles. The van der Waals surface area contributed by atoms with Gasteiger partial charge in [0.15, 0.2) is 6.04 Å². The third kappa shape index (κ3) is 13.9. The summed E-state index contributed by atoms with van der Waals surface area (Å²) in [5.41, 5.74) is 0. The molecular formula is C29H55N3O8. The van der Waals surface area contributed by atoms with Crippen molar-refractivity contribution in [2.24, 2.45) is 17.8 Å². The van der Waals surface area contributed by atoms with Gasteiger partial charge in [-0.15, -0.1) is 0 Å². The minimum Gasteiger partial charge on any atom is -0.467 e. The summed E-state index contributed by atoms with van der Waals surface area (Å²) in [6, 6.07) is -3.88. The van der Waals surface area contributed by atoms with E-state index in [0.717, 1.165) is 26.4 Å². The quantitative estimate of drug-likeness (QED) is 0.0890. The highest BCUT2D eigenvalue weighted by Gasteiger charge is 2.35. The van der Waals surface area contributed by atoms with Crippen molar-refractivity contribution < 1.29 is 39.2 Å². The lowest BCUT2D eigenvalue weighted by molar-refractivity contribution is -0.147. The van der Waals surface area contributed by atoms with E-state index in [2.05, 4.69) is 27.6 Å². The summed E-state index contributed by atoms with van der Waals surface area (Å²) in [5, 5.41) is 37.6. The zero-order valence-electron chi connectivity index (χ0n) is 25.6. The molecule has 0 aromatic rings. The SMILES string of the molecule is CCCCCCCCCC[C@@H](C)[C@H](O)[C@@H](C)C(=O)N[C@H](C(=O)N[C@H](C(=O)N[C@@H](CO)C(=O)OC)[C@@H](C)O)C(C)C. The zero-order chi connectivity index (χ0) is 30.8. The molecule has 234 valence electrons. The van der Waals surface area contributed by atoms with Gasteiger partial charge in [-0.05, 0) is 25.2 Å². The van der Waals surface area contributed by atoms with Gasteiger partial charge < -0.3 is 36.0 Å². The van der Waals surface area contributed by atoms with Crippen LogP contribution in [0.5, 0.6) is 0 Å². The molecule has 40 heavy (non-hydrogen) atoms. The standard InChI is InChI=1S/C29H55N3O8/c1-8-9-10-11-12-13-14-15-16-19(4)25(35)20(5)26(36)31-23(18(2)3)27(37)32-24(21(6)34)28(38)30-22(17-33)29(39)40-7/h18-25,33-35H,8-17H2,1-7H3,(H,30,38)(H,31,36)(H,32,37)/t19-,20-,21-,22+,23+,24+,25+/m1/s1. The maximum Gasteiger partial charge on any atom is 0.330 e. The Labute approximate surface area is 240 Å². The topological polar surface area (TPSA) is 174 Å². The number of rotatable bonds is 21. The first-order valence-electron chi connectivity index (χ1n) is 14.8. The van der Waals surface area contributed by atoms with Crippen molar-refractivity contribution in [1.82, 2.24) is 16.0 Å². The number of methoxy groups -OCH3 is 1. The molecule has 3 amide bonds. The molecule has 6 N–H and O–H groups in total. The Balaban J connectivity index is 5.05. The van der Waals surface area contributed by atoms with Crippen LogP contribution in [0, 0.1) is 17.8 Å². The van der Waals surface area contributed by atoms with Crippen LogP contribution in [0.3, 0.4) is 0 Å². The number of ether oxygens (including phenoxy) is 1. The van der Waals surface area contributed by atoms with Gasteiger partial charge in [0.05, 0.1) is 31.8 Å². The van der Waals surface area contributed by atoms with Crippen LogP contribution in [-0.2, 0) is 23.9 Å². The van der Waals surface area contributed by atoms with E-state index in [-0.39, 0.29) is 11.8 Å². The number of esters is 1. The van der Waals surface area contributed by atoms with Crippen LogP contribution >= 0.6 is 0 Å². The molecule has 0 bridgehead atoms. The number of unbranched alkanes of at least 4 members (excludes halogenated alkanes) is 7. The molecule has 0 saturated heterocycles. The second-order valence-corrected chi connectivity index (χ2v) is 11.2. The molecule has 0 aromatic heterocycles. The number of nitrogens with one attached hydrogen (secondary N) is 3. The Bertz CT molecular complexity index is 762. The fraction of sp³-hybridized carbons (Fsp3) is 0.862. The van der Waals surface area contributed by atoms with Gasteiger partial charge in [-0.3, -0.25) is 14.4 Å². The van der Waals surface area contributed by atoms with Crippen molar-refractivity contribution in [3.05, 3.63) is 0 Å². The minimum absolute atomic E-state index is 0.0928. The monoisotopic (exact) mass is 573 g/mol. The first kappa shape index (κ1) is 37.8. The third-order valence-electron chi connectivity index (χ3n) is 7.32. The number of hydrogen-bond donors (Lipinski definition) is 6. The lowest BCUT2D eigenvalue weighted by Crippen LogP contribution is -2.60. The second-order valence-electron chi connectivity index (χ2n) is 11.2. The van der Waals surface area contributed by atoms with Gasteiger partial charge in [-0.2, -0.15) is 0 Å². The predicted molar refractivity (Wildman–Crippen MR) is 153 cm³/mol. The van der Waals surface area contributed by atoms with Gasteiger partial charge in [-0.1, -0.05) is 86.0 Å². The summed E-state index contributed by atoms with van der Waals surface area (Å²) in [6.07, 6.45) is 8.08. The van der Waals surface area contributed by atoms with Crippen molar-refractivity contribution in [3.63, 3.8) is 0 Å². The summed E-state index contributed by atoms with van der Waals surface area (Å²) in [5.74, 6) is -4.22. The lowest BCUT2D eigenvalue weighted by atomic mass is 9.88. The zero-order valence-corrected chi connectivity index (χ0v) is 25.6. The van der Waals surface area contributed by atoms with E-state index < -0.39 is 66.5 Å². The van der Waals surface area contributed by atoms with Crippen LogP contribution in [0.15, 0.2) is 0 Å². The summed E-state index contributed by atoms with van der Waals surface area (Å²) < 4.78 is 4.51. The van der Waals surface area contributed by atoms with Crippen molar-refractivity contribution in [2.75, 3.05) is 13.7 Å². The number of amides is 3. The Kier molecular flexibility index (Phi) is 19.5. The lowest BCUT2D eigenvalue weighted by Gasteiger charge is -2.29. The molecule has 0 rings (SSSR count). The minimum atomic E-state index is -1.46. The van der Waals surface area contributed by atoms with E-state index in [9.17, 15) is 34.5 Å². The van der Waals surface area contributed by atoms with Crippen LogP contribution in [0.4, 0.5) is 0 Å². The van der Waals surface area contributed by atoms with Crippen molar-refractivity contribution in [3.8, 4) is 0 Å². The number of carbonyl (C=O) groups excluding carboxylic acids is 4. The Morgan fingerprint density at radius 3 is 1.70 bits per heavy atom. The highest BCUT2D eigenvalue weighted by atomic mass is 16.5. The molecule has 0 radical (unpaired) electrons. The predicted octanol–water partition coefficient (Wildman–Crippen LogP) is 1.81. The van der Waals surface area contributed by atoms with Gasteiger partial charge in [0.1, 0.15) is 12.1 Å². The summed E-state index contributed by atoms with van der Waals surface area (Å²) in [4.78, 5) is 50.4. The number of carbonyl (C=O) groups is 4. The molecule has 0 aromatic carbocycles. The largest absolute Gasteiger partial charge is 0.467 e. The second kappa shape index (κ2) is 20.6. The normalized spacial score (nSPS) is 16.7. The number of hydrogen-bond acceptors (Lipinski definition) is 8. The molecule has 0 fully saturated rings. The molecule has 0 aliphatic carbocycles. The van der Waals surface area contributed by atoms with Crippen molar-refractivity contribution in [2.45, 2.75) is 130 Å². The third-order valence-corrected chi connectivity index (χ3v) is 7.32. The smallest absolute Gasteiger partial charge is 0.330 e. The molecule has 0 spiro atoms. The maximum atomic E-state index is 13.1. The number of aliphatic hydroxyl groups excluding tert-OH is 3. The van der Waals surface area contributed by atoms with Crippen LogP contribution < -0.4 is 16.0 Å². The highest BCUT2D eigenvalue weighted by Crippen LogP contribution is 2.21. The van der Waals surface area contributed by atoms with E-state index in [0.29, 0.717) is 0 Å². The molecule has 0 heterocycles. The Morgan fingerprint density at radius 1 is 0.725 bits per heavy atom. The van der Waals surface area contributed by atoms with E-state index in [1.54, 1.807) is 20.8 Å². The Hall–Kier alpha value is -2.24. The first-order valence-corrected chi connectivity index (χ1v) is 14.8. The average Bonchev–Trinajstić information content (AvgIpc) is 2.92. The fourth-order valence-electron chi connectivity index (χ4n) is 4.47.